The maximum atomic E-state index is 12.0. The summed E-state index contributed by atoms with van der Waals surface area (Å²) >= 11 is 6.19. The van der Waals surface area contributed by atoms with Gasteiger partial charge in [-0.25, -0.2) is 4.98 Å². The van der Waals surface area contributed by atoms with Crippen LogP contribution < -0.4 is 10.2 Å². The van der Waals surface area contributed by atoms with Crippen molar-refractivity contribution in [3.8, 4) is 0 Å². The summed E-state index contributed by atoms with van der Waals surface area (Å²) in [6.07, 6.45) is 5.19. The number of hydrogen-bond acceptors (Lipinski definition) is 4. The van der Waals surface area contributed by atoms with Gasteiger partial charge in [0.15, 0.2) is 0 Å². The van der Waals surface area contributed by atoms with Gasteiger partial charge < -0.3 is 4.90 Å². The van der Waals surface area contributed by atoms with Gasteiger partial charge in [0.05, 0.1) is 17.1 Å². The summed E-state index contributed by atoms with van der Waals surface area (Å²) < 4.78 is 1.99. The Morgan fingerprint density at radius 1 is 1.23 bits per heavy atom. The number of piperidine rings is 1. The second-order valence-electron chi connectivity index (χ2n) is 6.04. The van der Waals surface area contributed by atoms with E-state index in [9.17, 15) is 9.59 Å². The van der Waals surface area contributed by atoms with Crippen LogP contribution in [0.5, 0.6) is 0 Å². The third kappa shape index (κ3) is 1.98. The molecule has 2 aliphatic rings. The molecule has 0 bridgehead atoms. The summed E-state index contributed by atoms with van der Waals surface area (Å²) in [7, 11) is 0. The van der Waals surface area contributed by atoms with Gasteiger partial charge >= 0.3 is 0 Å². The topological polar surface area (TPSA) is 66.7 Å². The molecule has 2 saturated heterocycles. The number of amides is 2. The van der Waals surface area contributed by atoms with Gasteiger partial charge in [0, 0.05) is 24.5 Å². The van der Waals surface area contributed by atoms with Gasteiger partial charge in [0.25, 0.3) is 0 Å². The van der Waals surface area contributed by atoms with Crippen molar-refractivity contribution >= 4 is 34.7 Å². The number of fused-ring (bicyclic) bond motifs is 1. The Morgan fingerprint density at radius 3 is 2.68 bits per heavy atom. The van der Waals surface area contributed by atoms with Crippen molar-refractivity contribution in [2.75, 3.05) is 18.0 Å². The van der Waals surface area contributed by atoms with Crippen LogP contribution in [0.3, 0.4) is 0 Å². The second-order valence-corrected chi connectivity index (χ2v) is 6.48. The molecule has 0 unspecified atom stereocenters. The molecule has 2 amide bonds. The van der Waals surface area contributed by atoms with Crippen LogP contribution in [0.2, 0.25) is 5.02 Å². The smallest absolute Gasteiger partial charge is 0.233 e. The number of imide groups is 1. The summed E-state index contributed by atoms with van der Waals surface area (Å²) in [4.78, 5) is 29.9. The zero-order chi connectivity index (χ0) is 15.3. The van der Waals surface area contributed by atoms with Gasteiger partial charge in [-0.05, 0) is 25.0 Å². The van der Waals surface area contributed by atoms with Crippen LogP contribution in [0, 0.1) is 5.41 Å². The monoisotopic (exact) mass is 318 g/mol. The van der Waals surface area contributed by atoms with Crippen LogP contribution in [0.15, 0.2) is 24.7 Å². The normalized spacial score (nSPS) is 20.9. The van der Waals surface area contributed by atoms with E-state index in [1.54, 1.807) is 12.5 Å². The number of imidazole rings is 1. The molecule has 7 heteroatoms. The molecule has 0 radical (unpaired) electrons. The zero-order valence-electron chi connectivity index (χ0n) is 11.9. The Hall–Kier alpha value is -2.08. The first-order chi connectivity index (χ1) is 10.6. The van der Waals surface area contributed by atoms with Gasteiger partial charge in [-0.15, -0.1) is 0 Å². The van der Waals surface area contributed by atoms with E-state index in [2.05, 4.69) is 15.2 Å². The number of carbonyl (C=O) groups is 2. The molecule has 0 saturated carbocycles. The minimum atomic E-state index is -0.514. The molecule has 0 aliphatic carbocycles. The fraction of sp³-hybridized carbons (Fsp3) is 0.400. The summed E-state index contributed by atoms with van der Waals surface area (Å²) in [6.45, 7) is 1.43. The standard InChI is InChI=1S/C15H15ClN4O2/c16-10-5-11-8-17-9-20(11)13(6-10)19-3-1-15(2-4-19)7-12(21)18-14(15)22/h5-6,8-9H,1-4,7H2,(H,18,21,22). The second kappa shape index (κ2) is 4.71. The Morgan fingerprint density at radius 2 is 2.00 bits per heavy atom. The summed E-state index contributed by atoms with van der Waals surface area (Å²) in [5.41, 5.74) is 0.428. The first-order valence-corrected chi connectivity index (χ1v) is 7.66. The van der Waals surface area contributed by atoms with Crippen molar-refractivity contribution in [1.29, 1.82) is 0 Å². The van der Waals surface area contributed by atoms with Crippen molar-refractivity contribution in [3.05, 3.63) is 29.7 Å². The van der Waals surface area contributed by atoms with Crippen molar-refractivity contribution in [3.63, 3.8) is 0 Å². The maximum Gasteiger partial charge on any atom is 0.233 e. The number of rotatable bonds is 1. The fourth-order valence-corrected chi connectivity index (χ4v) is 3.69. The van der Waals surface area contributed by atoms with E-state index in [0.29, 0.717) is 37.4 Å². The number of nitrogens with one attached hydrogen (secondary N) is 1. The molecule has 114 valence electrons. The highest BCUT2D eigenvalue weighted by Crippen LogP contribution is 2.40. The Kier molecular flexibility index (Phi) is 2.91. The number of halogens is 1. The first kappa shape index (κ1) is 13.6. The average molecular weight is 319 g/mol. The average Bonchev–Trinajstić information content (AvgIpc) is 3.04. The third-order valence-corrected chi connectivity index (χ3v) is 4.96. The molecule has 0 atom stereocenters. The predicted molar refractivity (Wildman–Crippen MR) is 81.8 cm³/mol. The quantitative estimate of drug-likeness (QED) is 0.811. The van der Waals surface area contributed by atoms with E-state index in [-0.39, 0.29) is 11.8 Å². The molecule has 2 aromatic rings. The van der Waals surface area contributed by atoms with Gasteiger partial charge in [0.1, 0.15) is 12.1 Å². The number of carbonyl (C=O) groups excluding carboxylic acids is 2. The lowest BCUT2D eigenvalue weighted by Crippen LogP contribution is -2.44. The molecule has 4 heterocycles. The molecule has 4 rings (SSSR count). The molecule has 6 nitrogen and oxygen atoms in total. The van der Waals surface area contributed by atoms with E-state index in [4.69, 9.17) is 11.6 Å². The summed E-state index contributed by atoms with van der Waals surface area (Å²) in [5.74, 6) is 0.703. The van der Waals surface area contributed by atoms with E-state index in [1.807, 2.05) is 16.5 Å². The lowest BCUT2D eigenvalue weighted by atomic mass is 9.77. The van der Waals surface area contributed by atoms with Crippen molar-refractivity contribution < 1.29 is 9.59 Å². The number of nitrogens with zero attached hydrogens (tertiary/aromatic N) is 3. The number of hydrogen-bond donors (Lipinski definition) is 1. The number of anilines is 1. The van der Waals surface area contributed by atoms with Crippen LogP contribution in [0.25, 0.3) is 5.52 Å². The molecule has 2 aliphatic heterocycles. The molecule has 2 fully saturated rings. The van der Waals surface area contributed by atoms with E-state index in [1.165, 1.54) is 0 Å². The Labute approximate surface area is 132 Å². The summed E-state index contributed by atoms with van der Waals surface area (Å²) in [5, 5.41) is 3.10. The van der Waals surface area contributed by atoms with Crippen LogP contribution in [-0.2, 0) is 9.59 Å². The van der Waals surface area contributed by atoms with Crippen LogP contribution in [0.4, 0.5) is 5.82 Å². The zero-order valence-corrected chi connectivity index (χ0v) is 12.6. The minimum Gasteiger partial charge on any atom is -0.358 e. The number of pyridine rings is 1. The van der Waals surface area contributed by atoms with E-state index in [0.717, 1.165) is 11.3 Å². The van der Waals surface area contributed by atoms with E-state index >= 15 is 0 Å². The van der Waals surface area contributed by atoms with Crippen molar-refractivity contribution in [1.82, 2.24) is 14.7 Å². The molecular weight excluding hydrogens is 304 g/mol. The van der Waals surface area contributed by atoms with Gasteiger partial charge in [-0.2, -0.15) is 0 Å². The number of aromatic nitrogens is 2. The Bertz CT molecular complexity index is 777. The van der Waals surface area contributed by atoms with Gasteiger partial charge in [-0.1, -0.05) is 11.6 Å². The molecule has 2 aromatic heterocycles. The van der Waals surface area contributed by atoms with E-state index < -0.39 is 5.41 Å². The SMILES string of the molecule is O=C1CC2(CCN(c3cc(Cl)cc4cncn34)CC2)C(=O)N1. The van der Waals surface area contributed by atoms with Gasteiger partial charge in [-0.3, -0.25) is 19.3 Å². The molecule has 1 N–H and O–H groups in total. The maximum absolute atomic E-state index is 12.0. The molecule has 22 heavy (non-hydrogen) atoms. The van der Waals surface area contributed by atoms with Crippen LogP contribution in [-0.4, -0.2) is 34.3 Å². The first-order valence-electron chi connectivity index (χ1n) is 7.28. The highest BCUT2D eigenvalue weighted by molar-refractivity contribution is 6.31. The van der Waals surface area contributed by atoms with Crippen LogP contribution >= 0.6 is 11.6 Å². The van der Waals surface area contributed by atoms with Gasteiger partial charge in [0.2, 0.25) is 11.8 Å². The Balaban J connectivity index is 1.62. The molecular formula is C15H15ClN4O2. The predicted octanol–water partition coefficient (Wildman–Crippen LogP) is 1.62. The fourth-order valence-electron chi connectivity index (χ4n) is 3.48. The molecule has 1 spiro atoms. The lowest BCUT2D eigenvalue weighted by Gasteiger charge is -2.38. The lowest BCUT2D eigenvalue weighted by molar-refractivity contribution is -0.129. The summed E-state index contributed by atoms with van der Waals surface area (Å²) in [6, 6.07) is 3.78. The minimum absolute atomic E-state index is 0.115. The van der Waals surface area contributed by atoms with Crippen LogP contribution in [0.1, 0.15) is 19.3 Å². The molecule has 0 aromatic carbocycles. The third-order valence-electron chi connectivity index (χ3n) is 4.74. The highest BCUT2D eigenvalue weighted by atomic mass is 35.5. The van der Waals surface area contributed by atoms with Crippen molar-refractivity contribution in [2.45, 2.75) is 19.3 Å². The van der Waals surface area contributed by atoms with Crippen molar-refractivity contribution in [2.24, 2.45) is 5.41 Å². The highest BCUT2D eigenvalue weighted by Gasteiger charge is 2.48. The largest absolute Gasteiger partial charge is 0.358 e.